The topological polar surface area (TPSA) is 63.9 Å². The van der Waals surface area contributed by atoms with E-state index in [1.165, 1.54) is 11.3 Å². The molecule has 2 heterocycles. The summed E-state index contributed by atoms with van der Waals surface area (Å²) < 4.78 is 12.0. The second kappa shape index (κ2) is 9.55. The van der Waals surface area contributed by atoms with E-state index in [0.717, 1.165) is 51.7 Å². The Kier molecular flexibility index (Phi) is 7.84. The maximum absolute atomic E-state index is 6.46. The summed E-state index contributed by atoms with van der Waals surface area (Å²) in [5.41, 5.74) is 8.57. The van der Waals surface area contributed by atoms with Crippen LogP contribution in [0.4, 0.5) is 5.69 Å². The Morgan fingerprint density at radius 2 is 1.79 bits per heavy atom. The highest BCUT2D eigenvalue weighted by atomic mass is 32.1. The van der Waals surface area contributed by atoms with Crippen molar-refractivity contribution < 1.29 is 9.47 Å². The minimum Gasteiger partial charge on any atom is -0.490 e. The number of likely N-dealkylation sites (N-methyl/N-ethyl adjacent to an activating group) is 2. The summed E-state index contributed by atoms with van der Waals surface area (Å²) in [7, 11) is 6.26. The number of hydrogen-bond donors (Lipinski definition) is 1. The summed E-state index contributed by atoms with van der Waals surface area (Å²) >= 11 is 6.96. The number of nitrogens with two attached hydrogens (primary N) is 1. The molecule has 0 unspecified atom stereocenters. The maximum Gasteiger partial charge on any atom is 0.204 e. The van der Waals surface area contributed by atoms with Gasteiger partial charge >= 0.3 is 0 Å². The Hall–Kier alpha value is -1.48. The summed E-state index contributed by atoms with van der Waals surface area (Å²) in [6.45, 7) is 13.4. The van der Waals surface area contributed by atoms with Crippen LogP contribution in [-0.4, -0.2) is 72.8 Å². The average molecular weight is 439 g/mol. The van der Waals surface area contributed by atoms with Crippen molar-refractivity contribution in [1.82, 2.24) is 14.8 Å². The van der Waals surface area contributed by atoms with Crippen LogP contribution >= 0.6 is 23.6 Å². The number of thiophene rings is 1. The van der Waals surface area contributed by atoms with E-state index in [1.807, 2.05) is 34.6 Å². The lowest BCUT2D eigenvalue weighted by Gasteiger charge is -2.21. The lowest BCUT2D eigenvalue weighted by molar-refractivity contribution is 0.123. The summed E-state index contributed by atoms with van der Waals surface area (Å²) in [4.78, 5) is 10.8. The highest BCUT2D eigenvalue weighted by Crippen LogP contribution is 2.40. The van der Waals surface area contributed by atoms with Gasteiger partial charge in [-0.2, -0.15) is 0 Å². The third-order valence-electron chi connectivity index (χ3n) is 4.47. The van der Waals surface area contributed by atoms with Crippen molar-refractivity contribution in [1.29, 1.82) is 0 Å². The van der Waals surface area contributed by atoms with Crippen molar-refractivity contribution in [3.63, 3.8) is 0 Å². The molecule has 0 bridgehead atoms. The Bertz CT molecular complexity index is 872. The lowest BCUT2D eigenvalue weighted by atomic mass is 10.1. The number of anilines is 1. The number of hydrogen-bond acceptors (Lipinski definition) is 8. The minimum atomic E-state index is -0.370. The molecule has 2 aromatic heterocycles. The van der Waals surface area contributed by atoms with Gasteiger partial charge in [0, 0.05) is 30.6 Å². The van der Waals surface area contributed by atoms with Gasteiger partial charge in [0.1, 0.15) is 27.7 Å². The monoisotopic (exact) mass is 438 g/mol. The Morgan fingerprint density at radius 3 is 2.38 bits per heavy atom. The molecule has 0 aliphatic rings. The van der Waals surface area contributed by atoms with Gasteiger partial charge in [0.2, 0.25) is 5.05 Å². The zero-order chi connectivity index (χ0) is 21.9. The van der Waals surface area contributed by atoms with Crippen molar-refractivity contribution in [2.45, 2.75) is 40.2 Å². The molecule has 0 saturated heterocycles. The first-order valence-corrected chi connectivity index (χ1v) is 11.0. The number of nitrogen functional groups attached to an aromatic ring is 1. The number of fused-ring (bicyclic) bond motifs is 1. The number of aromatic nitrogens is 1. The number of ether oxygens (including phenoxy) is 2. The highest BCUT2D eigenvalue weighted by Gasteiger charge is 2.23. The molecule has 2 aromatic rings. The van der Waals surface area contributed by atoms with Crippen LogP contribution in [0.5, 0.6) is 5.75 Å². The fraction of sp³-hybridized carbons (Fsp3) is 0.619. The van der Waals surface area contributed by atoms with Crippen LogP contribution in [0.15, 0.2) is 0 Å². The fourth-order valence-electron chi connectivity index (χ4n) is 2.94. The third kappa shape index (κ3) is 6.25. The van der Waals surface area contributed by atoms with Crippen LogP contribution in [0.25, 0.3) is 10.2 Å². The summed E-state index contributed by atoms with van der Waals surface area (Å²) in [5.74, 6) is 0.803. The van der Waals surface area contributed by atoms with Gasteiger partial charge < -0.3 is 25.0 Å². The molecule has 0 aliphatic heterocycles. The van der Waals surface area contributed by atoms with Crippen molar-refractivity contribution >= 4 is 44.5 Å². The van der Waals surface area contributed by atoms with Crippen molar-refractivity contribution in [2.24, 2.45) is 0 Å². The van der Waals surface area contributed by atoms with Crippen LogP contribution in [0.1, 0.15) is 36.9 Å². The molecule has 29 heavy (non-hydrogen) atoms. The molecule has 0 aromatic carbocycles. The van der Waals surface area contributed by atoms with Gasteiger partial charge in [-0.25, -0.2) is 4.98 Å². The second-order valence-corrected chi connectivity index (χ2v) is 10.0. The predicted molar refractivity (Wildman–Crippen MR) is 128 cm³/mol. The molecule has 2 N–H and O–H groups in total. The highest BCUT2D eigenvalue weighted by molar-refractivity contribution is 7.81. The van der Waals surface area contributed by atoms with Gasteiger partial charge in [-0.15, -0.1) is 11.3 Å². The smallest absolute Gasteiger partial charge is 0.204 e. The molecule has 6 nitrogen and oxygen atoms in total. The Labute approximate surface area is 184 Å². The molecule has 0 spiro atoms. The fourth-order valence-corrected chi connectivity index (χ4v) is 4.50. The number of nitrogens with zero attached hydrogens (tertiary/aromatic N) is 3. The number of rotatable bonds is 8. The largest absolute Gasteiger partial charge is 0.490 e. The summed E-state index contributed by atoms with van der Waals surface area (Å²) in [6, 6.07) is 0. The average Bonchev–Trinajstić information content (AvgIpc) is 2.91. The number of aryl methyl sites for hydroxylation is 2. The molecule has 0 fully saturated rings. The summed E-state index contributed by atoms with van der Waals surface area (Å²) in [5, 5.41) is 1.33. The summed E-state index contributed by atoms with van der Waals surface area (Å²) in [6.07, 6.45) is 0. The maximum atomic E-state index is 6.46. The Morgan fingerprint density at radius 1 is 1.14 bits per heavy atom. The van der Waals surface area contributed by atoms with Gasteiger partial charge in [0.15, 0.2) is 0 Å². The van der Waals surface area contributed by atoms with E-state index < -0.39 is 0 Å². The van der Waals surface area contributed by atoms with Gasteiger partial charge in [-0.3, -0.25) is 0 Å². The first kappa shape index (κ1) is 23.8. The molecule has 0 aliphatic carbocycles. The third-order valence-corrected chi connectivity index (χ3v) is 5.99. The number of pyridine rings is 1. The van der Waals surface area contributed by atoms with E-state index in [2.05, 4.69) is 30.9 Å². The zero-order valence-corrected chi connectivity index (χ0v) is 20.5. The van der Waals surface area contributed by atoms with Crippen molar-refractivity contribution in [2.75, 3.05) is 53.1 Å². The minimum absolute atomic E-state index is 0.370. The van der Waals surface area contributed by atoms with Gasteiger partial charge in [-0.05, 0) is 68.0 Å². The zero-order valence-electron chi connectivity index (χ0n) is 18.9. The molecule has 0 atom stereocenters. The van der Waals surface area contributed by atoms with Crippen LogP contribution in [0.3, 0.4) is 0 Å². The molecule has 2 rings (SSSR count). The van der Waals surface area contributed by atoms with E-state index in [1.54, 1.807) is 0 Å². The van der Waals surface area contributed by atoms with E-state index in [-0.39, 0.29) is 5.60 Å². The SMILES string of the molecule is Cc1nc2sc(C(=S)OC(C)(C)C)c(N)c2c(C)c1OCCN(C)CCN(C)C. The van der Waals surface area contributed by atoms with Crippen LogP contribution in [0.2, 0.25) is 0 Å². The normalized spacial score (nSPS) is 12.2. The first-order chi connectivity index (χ1) is 13.4. The molecular formula is C21H34N4O2S2. The van der Waals surface area contributed by atoms with Crippen molar-refractivity contribution in [3.05, 3.63) is 16.1 Å². The van der Waals surface area contributed by atoms with E-state index in [4.69, 9.17) is 32.4 Å². The first-order valence-electron chi connectivity index (χ1n) is 9.79. The molecule has 0 saturated carbocycles. The standard InChI is InChI=1S/C21H34N4O2S2/c1-13-15-16(22)18(20(28)27-21(3,4)5)29-19(15)23-14(2)17(13)26-12-11-25(8)10-9-24(6)7/h9-12,22H2,1-8H3. The van der Waals surface area contributed by atoms with Crippen molar-refractivity contribution in [3.8, 4) is 5.75 Å². The second-order valence-electron chi connectivity index (χ2n) is 8.63. The van der Waals surface area contributed by atoms with Gasteiger partial charge in [0.25, 0.3) is 0 Å². The molecule has 0 radical (unpaired) electrons. The quantitative estimate of drug-likeness (QED) is 0.628. The predicted octanol–water partition coefficient (Wildman–Crippen LogP) is 3.86. The van der Waals surface area contributed by atoms with E-state index in [9.17, 15) is 0 Å². The lowest BCUT2D eigenvalue weighted by Crippen LogP contribution is -2.31. The van der Waals surface area contributed by atoms with E-state index >= 15 is 0 Å². The Balaban J connectivity index is 2.21. The molecule has 0 amide bonds. The number of thiocarbonyl (C=S) groups is 1. The van der Waals surface area contributed by atoms with Gasteiger partial charge in [-0.1, -0.05) is 0 Å². The van der Waals surface area contributed by atoms with Crippen LogP contribution in [-0.2, 0) is 4.74 Å². The van der Waals surface area contributed by atoms with Gasteiger partial charge in [0.05, 0.1) is 11.4 Å². The molecular weight excluding hydrogens is 404 g/mol. The molecule has 162 valence electrons. The van der Waals surface area contributed by atoms with Crippen LogP contribution in [0, 0.1) is 13.8 Å². The van der Waals surface area contributed by atoms with E-state index in [0.29, 0.717) is 17.3 Å². The van der Waals surface area contributed by atoms with Crippen LogP contribution < -0.4 is 10.5 Å². The molecule has 8 heteroatoms.